The van der Waals surface area contributed by atoms with Crippen LogP contribution in [0.25, 0.3) is 27.7 Å². The molecule has 7 heteroatoms. The first-order valence-electron chi connectivity index (χ1n) is 11.1. The molecule has 4 aromatic rings. The van der Waals surface area contributed by atoms with Gasteiger partial charge in [0.15, 0.2) is 11.4 Å². The van der Waals surface area contributed by atoms with Gasteiger partial charge in [-0.25, -0.2) is 9.97 Å². The Morgan fingerprint density at radius 1 is 1.19 bits per heavy atom. The summed E-state index contributed by atoms with van der Waals surface area (Å²) in [7, 11) is 0. The van der Waals surface area contributed by atoms with Crippen molar-refractivity contribution in [1.82, 2.24) is 18.9 Å². The fourth-order valence-electron chi connectivity index (χ4n) is 4.27. The van der Waals surface area contributed by atoms with Crippen molar-refractivity contribution in [3.05, 3.63) is 36.3 Å². The van der Waals surface area contributed by atoms with Gasteiger partial charge in [0.25, 0.3) is 0 Å². The van der Waals surface area contributed by atoms with Crippen molar-refractivity contribution in [1.29, 1.82) is 0 Å². The molecule has 162 valence electrons. The predicted octanol–water partition coefficient (Wildman–Crippen LogP) is 4.70. The van der Waals surface area contributed by atoms with Gasteiger partial charge in [-0.05, 0) is 25.0 Å². The highest BCUT2D eigenvalue weighted by atomic mass is 16.5. The molecule has 1 aliphatic rings. The molecule has 0 bridgehead atoms. The van der Waals surface area contributed by atoms with Crippen molar-refractivity contribution in [3.8, 4) is 5.75 Å². The van der Waals surface area contributed by atoms with Crippen LogP contribution < -0.4 is 4.74 Å². The average molecular weight is 421 g/mol. The highest BCUT2D eigenvalue weighted by molar-refractivity contribution is 6.01. The van der Waals surface area contributed by atoms with Gasteiger partial charge >= 0.3 is 5.97 Å². The first kappa shape index (κ1) is 20.0. The van der Waals surface area contributed by atoms with Gasteiger partial charge in [-0.15, -0.1) is 0 Å². The monoisotopic (exact) mass is 420 g/mol. The summed E-state index contributed by atoms with van der Waals surface area (Å²) in [5, 5.41) is 0.771. The van der Waals surface area contributed by atoms with Gasteiger partial charge in [-0.2, -0.15) is 0 Å². The topological polar surface area (TPSA) is 70.7 Å². The number of esters is 1. The Hall–Kier alpha value is -2.93. The van der Waals surface area contributed by atoms with E-state index in [1.165, 1.54) is 0 Å². The number of hydrogen-bond acceptors (Lipinski definition) is 5. The van der Waals surface area contributed by atoms with Gasteiger partial charge < -0.3 is 14.0 Å². The lowest BCUT2D eigenvalue weighted by Crippen LogP contribution is -2.15. The number of imidazole rings is 1. The molecular formula is C24H28N4O3. The van der Waals surface area contributed by atoms with Gasteiger partial charge in [0.2, 0.25) is 0 Å². The molecular weight excluding hydrogens is 392 g/mol. The summed E-state index contributed by atoms with van der Waals surface area (Å²) in [6.45, 7) is 9.41. The standard InChI is InChI=1S/C24H28N4O3/c1-14(2)21-26-22-20(23-25-17-9-5-6-10-18(17)28(21)23)19(31-24(29)15(3)4)13-27(22)12-16-8-7-11-30-16/h5-6,9-10,13-16H,7-8,11-12H2,1-4H3. The van der Waals surface area contributed by atoms with Crippen molar-refractivity contribution in [2.45, 2.75) is 59.1 Å². The third-order valence-corrected chi connectivity index (χ3v) is 5.87. The number of carbonyl (C=O) groups excluding carboxylic acids is 1. The molecule has 1 atom stereocenters. The van der Waals surface area contributed by atoms with E-state index >= 15 is 0 Å². The van der Waals surface area contributed by atoms with Crippen molar-refractivity contribution in [3.63, 3.8) is 0 Å². The van der Waals surface area contributed by atoms with E-state index in [4.69, 9.17) is 19.4 Å². The fourth-order valence-corrected chi connectivity index (χ4v) is 4.27. The number of nitrogens with zero attached hydrogens (tertiary/aromatic N) is 4. The smallest absolute Gasteiger partial charge is 0.313 e. The van der Waals surface area contributed by atoms with Crippen LogP contribution in [0.3, 0.4) is 0 Å². The van der Waals surface area contributed by atoms with Crippen molar-refractivity contribution >= 4 is 33.7 Å². The molecule has 0 spiro atoms. The molecule has 7 nitrogen and oxygen atoms in total. The Morgan fingerprint density at radius 3 is 2.71 bits per heavy atom. The van der Waals surface area contributed by atoms with Crippen LogP contribution in [-0.4, -0.2) is 37.6 Å². The Kier molecular flexibility index (Phi) is 4.93. The van der Waals surface area contributed by atoms with E-state index in [9.17, 15) is 4.79 Å². The quantitative estimate of drug-likeness (QED) is 0.438. The average Bonchev–Trinajstić information content (AvgIpc) is 3.45. The zero-order chi connectivity index (χ0) is 21.7. The van der Waals surface area contributed by atoms with Gasteiger partial charge in [0.05, 0.1) is 29.6 Å². The normalized spacial score (nSPS) is 17.0. The zero-order valence-electron chi connectivity index (χ0n) is 18.5. The summed E-state index contributed by atoms with van der Waals surface area (Å²) >= 11 is 0. The summed E-state index contributed by atoms with van der Waals surface area (Å²) in [5.74, 6) is 1.14. The molecule has 0 radical (unpaired) electrons. The minimum Gasteiger partial charge on any atom is -0.424 e. The maximum atomic E-state index is 12.5. The Balaban J connectivity index is 1.81. The maximum absolute atomic E-state index is 12.5. The Morgan fingerprint density at radius 2 is 2.00 bits per heavy atom. The van der Waals surface area contributed by atoms with E-state index in [2.05, 4.69) is 28.9 Å². The van der Waals surface area contributed by atoms with Gasteiger partial charge in [-0.3, -0.25) is 9.20 Å². The third-order valence-electron chi connectivity index (χ3n) is 5.87. The summed E-state index contributed by atoms with van der Waals surface area (Å²) < 4.78 is 15.9. The van der Waals surface area contributed by atoms with Crippen LogP contribution in [0.4, 0.5) is 0 Å². The van der Waals surface area contributed by atoms with E-state index < -0.39 is 0 Å². The molecule has 1 fully saturated rings. The second-order valence-corrected chi connectivity index (χ2v) is 8.94. The van der Waals surface area contributed by atoms with E-state index in [-0.39, 0.29) is 23.9 Å². The summed E-state index contributed by atoms with van der Waals surface area (Å²) in [6, 6.07) is 8.04. The van der Waals surface area contributed by atoms with Crippen LogP contribution >= 0.6 is 0 Å². The van der Waals surface area contributed by atoms with E-state index in [1.807, 2.05) is 38.2 Å². The number of benzene rings is 1. The van der Waals surface area contributed by atoms with Crippen LogP contribution in [0.5, 0.6) is 5.75 Å². The number of rotatable bonds is 5. The third kappa shape index (κ3) is 3.37. The molecule has 1 unspecified atom stereocenters. The largest absolute Gasteiger partial charge is 0.424 e. The van der Waals surface area contributed by atoms with E-state index in [0.29, 0.717) is 12.3 Å². The van der Waals surface area contributed by atoms with Crippen molar-refractivity contribution < 1.29 is 14.3 Å². The summed E-state index contributed by atoms with van der Waals surface area (Å²) in [4.78, 5) is 22.5. The lowest BCUT2D eigenvalue weighted by atomic mass is 10.2. The Bertz CT molecular complexity index is 1280. The molecule has 4 heterocycles. The molecule has 1 aromatic carbocycles. The Labute approximate surface area is 181 Å². The minimum atomic E-state index is -0.265. The molecule has 0 amide bonds. The number of aromatic nitrogens is 4. The molecule has 3 aromatic heterocycles. The SMILES string of the molecule is CC(C)C(=O)Oc1cn(CC2CCCO2)c2nc(C(C)C)n3c4ccccc4nc3c12. The molecule has 31 heavy (non-hydrogen) atoms. The van der Waals surface area contributed by atoms with Gasteiger partial charge in [0, 0.05) is 18.7 Å². The predicted molar refractivity (Wildman–Crippen MR) is 120 cm³/mol. The van der Waals surface area contributed by atoms with Crippen molar-refractivity contribution in [2.24, 2.45) is 5.92 Å². The highest BCUT2D eigenvalue weighted by Crippen LogP contribution is 2.35. The number of carbonyl (C=O) groups is 1. The minimum absolute atomic E-state index is 0.142. The number of para-hydroxylation sites is 2. The fraction of sp³-hybridized carbons (Fsp3) is 0.458. The zero-order valence-corrected chi connectivity index (χ0v) is 18.5. The van der Waals surface area contributed by atoms with Crippen LogP contribution in [0, 0.1) is 5.92 Å². The number of fused-ring (bicyclic) bond motifs is 5. The van der Waals surface area contributed by atoms with Gasteiger partial charge in [-0.1, -0.05) is 39.8 Å². The molecule has 0 saturated carbocycles. The molecule has 1 aliphatic heterocycles. The van der Waals surface area contributed by atoms with E-state index in [1.54, 1.807) is 0 Å². The number of hydrogen-bond donors (Lipinski definition) is 0. The first-order valence-corrected chi connectivity index (χ1v) is 11.1. The first-order chi connectivity index (χ1) is 14.9. The molecule has 5 rings (SSSR count). The van der Waals surface area contributed by atoms with Crippen LogP contribution in [0.2, 0.25) is 0 Å². The maximum Gasteiger partial charge on any atom is 0.313 e. The lowest BCUT2D eigenvalue weighted by molar-refractivity contribution is -0.137. The molecule has 0 aliphatic carbocycles. The number of ether oxygens (including phenoxy) is 2. The summed E-state index contributed by atoms with van der Waals surface area (Å²) in [5.41, 5.74) is 3.46. The molecule has 1 saturated heterocycles. The van der Waals surface area contributed by atoms with Crippen molar-refractivity contribution in [2.75, 3.05) is 6.61 Å². The van der Waals surface area contributed by atoms with Gasteiger partial charge in [0.1, 0.15) is 16.9 Å². The highest BCUT2D eigenvalue weighted by Gasteiger charge is 2.26. The summed E-state index contributed by atoms with van der Waals surface area (Å²) in [6.07, 6.45) is 4.12. The van der Waals surface area contributed by atoms with E-state index in [0.717, 1.165) is 53.0 Å². The second-order valence-electron chi connectivity index (χ2n) is 8.94. The van der Waals surface area contributed by atoms with Crippen LogP contribution in [-0.2, 0) is 16.1 Å². The molecule has 0 N–H and O–H groups in total. The lowest BCUT2D eigenvalue weighted by Gasteiger charge is -2.13. The van der Waals surface area contributed by atoms with Crippen LogP contribution in [0.1, 0.15) is 52.3 Å². The van der Waals surface area contributed by atoms with Crippen LogP contribution in [0.15, 0.2) is 30.5 Å². The second kappa shape index (κ2) is 7.64.